The number of Topliss-reactive ketones (excluding diaryl/α,β-unsaturated/α-hetero) is 1. The molecular weight excluding hydrogens is 482 g/mol. The molecule has 3 aromatic rings. The summed E-state index contributed by atoms with van der Waals surface area (Å²) in [4.78, 5) is 28.6. The molecule has 1 unspecified atom stereocenters. The number of aliphatic hydroxyl groups is 1. The van der Waals surface area contributed by atoms with Crippen LogP contribution in [0.3, 0.4) is 0 Å². The number of hydrogen-bond donors (Lipinski definition) is 1. The molecule has 1 heterocycles. The molecule has 0 radical (unpaired) electrons. The SMILES string of the molecule is CCOc1cccc(N2C(=O)C(=O)/C(=C(/O)c3c(OC)cccc3OC)C2c2ccc(C(C)(C)C)cc2)c1. The van der Waals surface area contributed by atoms with Crippen molar-refractivity contribution in [2.75, 3.05) is 25.7 Å². The topological polar surface area (TPSA) is 85.3 Å². The van der Waals surface area contributed by atoms with Crippen LogP contribution < -0.4 is 19.1 Å². The fraction of sp³-hybridized carbons (Fsp3) is 0.290. The number of anilines is 1. The zero-order valence-electron chi connectivity index (χ0n) is 22.6. The lowest BCUT2D eigenvalue weighted by molar-refractivity contribution is -0.132. The first-order valence-corrected chi connectivity index (χ1v) is 12.5. The molecule has 0 aliphatic carbocycles. The van der Waals surface area contributed by atoms with Gasteiger partial charge in [-0.05, 0) is 47.7 Å². The normalized spacial score (nSPS) is 17.0. The van der Waals surface area contributed by atoms with Gasteiger partial charge in [0.2, 0.25) is 0 Å². The van der Waals surface area contributed by atoms with Crippen molar-refractivity contribution in [2.24, 2.45) is 0 Å². The highest BCUT2D eigenvalue weighted by Crippen LogP contribution is 2.45. The van der Waals surface area contributed by atoms with E-state index in [1.807, 2.05) is 31.2 Å². The summed E-state index contributed by atoms with van der Waals surface area (Å²) < 4.78 is 16.6. The Balaban J connectivity index is 1.98. The van der Waals surface area contributed by atoms with Gasteiger partial charge in [-0.2, -0.15) is 0 Å². The number of ketones is 1. The third kappa shape index (κ3) is 4.84. The number of nitrogens with zero attached hydrogens (tertiary/aromatic N) is 1. The van der Waals surface area contributed by atoms with Crippen LogP contribution in [-0.2, 0) is 15.0 Å². The van der Waals surface area contributed by atoms with Crippen LogP contribution in [-0.4, -0.2) is 37.6 Å². The summed E-state index contributed by atoms with van der Waals surface area (Å²) in [6.07, 6.45) is 0. The molecule has 1 N–H and O–H groups in total. The Morgan fingerprint density at radius 3 is 2.08 bits per heavy atom. The van der Waals surface area contributed by atoms with Crippen LogP contribution in [0.1, 0.15) is 50.4 Å². The molecule has 1 atom stereocenters. The predicted molar refractivity (Wildman–Crippen MR) is 147 cm³/mol. The van der Waals surface area contributed by atoms with Gasteiger partial charge in [0, 0.05) is 11.8 Å². The van der Waals surface area contributed by atoms with Gasteiger partial charge in [0.1, 0.15) is 28.6 Å². The van der Waals surface area contributed by atoms with E-state index in [2.05, 4.69) is 20.8 Å². The lowest BCUT2D eigenvalue weighted by Crippen LogP contribution is -2.29. The van der Waals surface area contributed by atoms with Gasteiger partial charge < -0.3 is 19.3 Å². The Kier molecular flexibility index (Phi) is 7.49. The maximum atomic E-state index is 13.6. The van der Waals surface area contributed by atoms with Crippen LogP contribution >= 0.6 is 0 Å². The summed E-state index contributed by atoms with van der Waals surface area (Å²) in [5, 5.41) is 11.6. The van der Waals surface area contributed by atoms with Crippen LogP contribution in [0.5, 0.6) is 17.2 Å². The molecule has 198 valence electrons. The number of amides is 1. The molecule has 4 rings (SSSR count). The fourth-order valence-corrected chi connectivity index (χ4v) is 4.69. The van der Waals surface area contributed by atoms with Crippen LogP contribution in [0.25, 0.3) is 5.76 Å². The molecular formula is C31H33NO6. The van der Waals surface area contributed by atoms with E-state index in [0.29, 0.717) is 35.1 Å². The van der Waals surface area contributed by atoms with E-state index >= 15 is 0 Å². The van der Waals surface area contributed by atoms with Crippen LogP contribution in [0, 0.1) is 0 Å². The Morgan fingerprint density at radius 1 is 0.921 bits per heavy atom. The van der Waals surface area contributed by atoms with Crippen molar-refractivity contribution in [2.45, 2.75) is 39.2 Å². The van der Waals surface area contributed by atoms with Gasteiger partial charge >= 0.3 is 0 Å². The quantitative estimate of drug-likeness (QED) is 0.235. The molecule has 1 saturated heterocycles. The number of hydrogen-bond acceptors (Lipinski definition) is 6. The van der Waals surface area contributed by atoms with Gasteiger partial charge in [0.05, 0.1) is 32.4 Å². The van der Waals surface area contributed by atoms with Crippen molar-refractivity contribution < 1.29 is 28.9 Å². The smallest absolute Gasteiger partial charge is 0.300 e. The number of benzene rings is 3. The minimum Gasteiger partial charge on any atom is -0.506 e. The predicted octanol–water partition coefficient (Wildman–Crippen LogP) is 6.03. The number of rotatable bonds is 7. The molecule has 3 aromatic carbocycles. The molecule has 0 spiro atoms. The number of aliphatic hydroxyl groups excluding tert-OH is 1. The van der Waals surface area contributed by atoms with Crippen molar-refractivity contribution in [1.82, 2.24) is 0 Å². The Morgan fingerprint density at radius 2 is 1.53 bits per heavy atom. The molecule has 38 heavy (non-hydrogen) atoms. The molecule has 7 heteroatoms. The summed E-state index contributed by atoms with van der Waals surface area (Å²) in [7, 11) is 2.93. The van der Waals surface area contributed by atoms with Gasteiger partial charge in [-0.3, -0.25) is 14.5 Å². The van der Waals surface area contributed by atoms with E-state index < -0.39 is 17.7 Å². The molecule has 0 bridgehead atoms. The van der Waals surface area contributed by atoms with E-state index in [4.69, 9.17) is 14.2 Å². The number of carbonyl (C=O) groups is 2. The molecule has 1 aliphatic rings. The maximum absolute atomic E-state index is 13.6. The Hall–Kier alpha value is -4.26. The average Bonchev–Trinajstić information content (AvgIpc) is 3.17. The highest BCUT2D eigenvalue weighted by molar-refractivity contribution is 6.51. The first kappa shape index (κ1) is 26.8. The minimum absolute atomic E-state index is 0.0527. The standard InChI is InChI=1S/C31H33NO6/c1-7-38-22-11-8-10-21(18-22)32-27(19-14-16-20(17-15-19)31(2,3)4)26(29(34)30(32)35)28(33)25-23(36-5)12-9-13-24(25)37-6/h8-18,27,33H,7H2,1-6H3/b28-26+. The van der Waals surface area contributed by atoms with E-state index in [9.17, 15) is 14.7 Å². The van der Waals surface area contributed by atoms with Crippen molar-refractivity contribution in [3.63, 3.8) is 0 Å². The lowest BCUT2D eigenvalue weighted by atomic mass is 9.85. The lowest BCUT2D eigenvalue weighted by Gasteiger charge is -2.27. The third-order valence-corrected chi connectivity index (χ3v) is 6.61. The van der Waals surface area contributed by atoms with E-state index in [1.54, 1.807) is 42.5 Å². The summed E-state index contributed by atoms with van der Waals surface area (Å²) in [6, 6.07) is 18.9. The summed E-state index contributed by atoms with van der Waals surface area (Å²) in [6.45, 7) is 8.66. The van der Waals surface area contributed by atoms with Gasteiger partial charge in [0.15, 0.2) is 0 Å². The van der Waals surface area contributed by atoms with Crippen LogP contribution in [0.15, 0.2) is 72.3 Å². The fourth-order valence-electron chi connectivity index (χ4n) is 4.69. The zero-order chi connectivity index (χ0) is 27.6. The summed E-state index contributed by atoms with van der Waals surface area (Å²) in [5.74, 6) is -0.728. The van der Waals surface area contributed by atoms with Crippen molar-refractivity contribution in [3.8, 4) is 17.2 Å². The maximum Gasteiger partial charge on any atom is 0.300 e. The van der Waals surface area contributed by atoms with E-state index in [1.165, 1.54) is 19.1 Å². The third-order valence-electron chi connectivity index (χ3n) is 6.61. The monoisotopic (exact) mass is 515 g/mol. The first-order valence-electron chi connectivity index (χ1n) is 12.5. The van der Waals surface area contributed by atoms with Crippen molar-refractivity contribution >= 4 is 23.1 Å². The second-order valence-corrected chi connectivity index (χ2v) is 10.0. The molecule has 0 aromatic heterocycles. The molecule has 7 nitrogen and oxygen atoms in total. The van der Waals surface area contributed by atoms with Crippen molar-refractivity contribution in [3.05, 3.63) is 89.0 Å². The molecule has 1 fully saturated rings. The Labute approximate surface area is 223 Å². The minimum atomic E-state index is -0.893. The van der Waals surface area contributed by atoms with Gasteiger partial charge in [-0.1, -0.05) is 57.2 Å². The number of methoxy groups -OCH3 is 2. The first-order chi connectivity index (χ1) is 18.1. The highest BCUT2D eigenvalue weighted by Gasteiger charge is 2.47. The summed E-state index contributed by atoms with van der Waals surface area (Å²) >= 11 is 0. The highest BCUT2D eigenvalue weighted by atomic mass is 16.5. The second kappa shape index (κ2) is 10.6. The molecule has 1 aliphatic heterocycles. The van der Waals surface area contributed by atoms with Crippen LogP contribution in [0.2, 0.25) is 0 Å². The van der Waals surface area contributed by atoms with Gasteiger partial charge in [-0.15, -0.1) is 0 Å². The number of ether oxygens (including phenoxy) is 3. The van der Waals surface area contributed by atoms with E-state index in [0.717, 1.165) is 5.56 Å². The Bertz CT molecular complexity index is 1360. The largest absolute Gasteiger partial charge is 0.506 e. The zero-order valence-corrected chi connectivity index (χ0v) is 22.6. The van der Waals surface area contributed by atoms with E-state index in [-0.39, 0.29) is 22.3 Å². The molecule has 1 amide bonds. The average molecular weight is 516 g/mol. The van der Waals surface area contributed by atoms with Crippen molar-refractivity contribution in [1.29, 1.82) is 0 Å². The van der Waals surface area contributed by atoms with Gasteiger partial charge in [-0.25, -0.2) is 0 Å². The van der Waals surface area contributed by atoms with Gasteiger partial charge in [0.25, 0.3) is 11.7 Å². The summed E-state index contributed by atoms with van der Waals surface area (Å²) in [5.41, 5.74) is 2.32. The second-order valence-electron chi connectivity index (χ2n) is 10.0. The molecule has 0 saturated carbocycles. The number of carbonyl (C=O) groups excluding carboxylic acids is 2. The van der Waals surface area contributed by atoms with Crippen LogP contribution in [0.4, 0.5) is 5.69 Å².